The highest BCUT2D eigenvalue weighted by Gasteiger charge is 2.42. The van der Waals surface area contributed by atoms with Crippen molar-refractivity contribution in [2.75, 3.05) is 34.1 Å². The SMILES string of the molecule is COc1ccc(OC)c(C2CN(C(=O)c3ccccc3Cl)CC2C(=O)NCc2ccc3c(c2)OCO3)c1. The van der Waals surface area contributed by atoms with Gasteiger partial charge in [-0.2, -0.15) is 0 Å². The lowest BCUT2D eigenvalue weighted by atomic mass is 9.87. The van der Waals surface area contributed by atoms with Crippen molar-refractivity contribution in [3.63, 3.8) is 0 Å². The van der Waals surface area contributed by atoms with Gasteiger partial charge in [0, 0.05) is 31.1 Å². The minimum absolute atomic E-state index is 0.165. The first-order valence-corrected chi connectivity index (χ1v) is 12.3. The van der Waals surface area contributed by atoms with Gasteiger partial charge in [0.15, 0.2) is 11.5 Å². The maximum atomic E-state index is 13.6. The summed E-state index contributed by atoms with van der Waals surface area (Å²) < 4.78 is 21.9. The molecular weight excluding hydrogens is 496 g/mol. The third kappa shape index (κ3) is 5.02. The van der Waals surface area contributed by atoms with Crippen LogP contribution in [0.3, 0.4) is 0 Å². The summed E-state index contributed by atoms with van der Waals surface area (Å²) in [4.78, 5) is 28.6. The van der Waals surface area contributed by atoms with Crippen LogP contribution >= 0.6 is 11.6 Å². The molecule has 1 saturated heterocycles. The summed E-state index contributed by atoms with van der Waals surface area (Å²) >= 11 is 6.31. The summed E-state index contributed by atoms with van der Waals surface area (Å²) in [5.41, 5.74) is 2.09. The predicted molar refractivity (Wildman–Crippen MR) is 138 cm³/mol. The molecule has 8 nitrogen and oxygen atoms in total. The molecule has 2 unspecified atom stereocenters. The van der Waals surface area contributed by atoms with Crippen LogP contribution in [0.2, 0.25) is 5.02 Å². The summed E-state index contributed by atoms with van der Waals surface area (Å²) in [7, 11) is 3.17. The molecule has 5 rings (SSSR count). The second kappa shape index (κ2) is 10.6. The maximum absolute atomic E-state index is 13.6. The summed E-state index contributed by atoms with van der Waals surface area (Å²) in [6, 6.07) is 18.0. The zero-order valence-electron chi connectivity index (χ0n) is 20.5. The van der Waals surface area contributed by atoms with E-state index in [4.69, 9.17) is 30.5 Å². The van der Waals surface area contributed by atoms with Crippen molar-refractivity contribution in [3.05, 3.63) is 82.4 Å². The number of hydrogen-bond donors (Lipinski definition) is 1. The number of hydrogen-bond acceptors (Lipinski definition) is 6. The summed E-state index contributed by atoms with van der Waals surface area (Å²) in [5, 5.41) is 3.41. The molecule has 0 bridgehead atoms. The Balaban J connectivity index is 1.41. The number of fused-ring (bicyclic) bond motifs is 1. The summed E-state index contributed by atoms with van der Waals surface area (Å²) in [6.45, 7) is 1.07. The van der Waals surface area contributed by atoms with Crippen molar-refractivity contribution in [3.8, 4) is 23.0 Å². The van der Waals surface area contributed by atoms with Crippen molar-refractivity contribution in [2.24, 2.45) is 5.92 Å². The highest BCUT2D eigenvalue weighted by molar-refractivity contribution is 6.33. The van der Waals surface area contributed by atoms with Crippen LogP contribution in [-0.4, -0.2) is 50.8 Å². The average molecular weight is 523 g/mol. The third-order valence-corrected chi connectivity index (χ3v) is 7.12. The Bertz CT molecular complexity index is 1330. The molecule has 0 radical (unpaired) electrons. The topological polar surface area (TPSA) is 86.3 Å². The number of halogens is 1. The average Bonchev–Trinajstić information content (AvgIpc) is 3.58. The van der Waals surface area contributed by atoms with Crippen LogP contribution < -0.4 is 24.3 Å². The van der Waals surface area contributed by atoms with Gasteiger partial charge in [-0.15, -0.1) is 0 Å². The van der Waals surface area contributed by atoms with Gasteiger partial charge in [-0.3, -0.25) is 9.59 Å². The highest BCUT2D eigenvalue weighted by atomic mass is 35.5. The Morgan fingerprint density at radius 2 is 1.81 bits per heavy atom. The second-order valence-electron chi connectivity index (χ2n) is 8.92. The van der Waals surface area contributed by atoms with E-state index in [-0.39, 0.29) is 31.1 Å². The van der Waals surface area contributed by atoms with Gasteiger partial charge in [-0.05, 0) is 48.0 Å². The summed E-state index contributed by atoms with van der Waals surface area (Å²) in [5.74, 6) is 1.41. The van der Waals surface area contributed by atoms with E-state index < -0.39 is 5.92 Å². The van der Waals surface area contributed by atoms with E-state index in [1.54, 1.807) is 49.5 Å². The van der Waals surface area contributed by atoms with Gasteiger partial charge in [-0.25, -0.2) is 0 Å². The molecule has 0 spiro atoms. The van der Waals surface area contributed by atoms with E-state index in [1.165, 1.54) is 0 Å². The van der Waals surface area contributed by atoms with Gasteiger partial charge in [0.1, 0.15) is 11.5 Å². The fourth-order valence-electron chi connectivity index (χ4n) is 4.86. The van der Waals surface area contributed by atoms with Crippen molar-refractivity contribution in [1.82, 2.24) is 10.2 Å². The molecule has 3 aromatic carbocycles. The van der Waals surface area contributed by atoms with Gasteiger partial charge < -0.3 is 29.2 Å². The van der Waals surface area contributed by atoms with Gasteiger partial charge in [0.05, 0.1) is 30.7 Å². The molecule has 2 heterocycles. The largest absolute Gasteiger partial charge is 0.497 e. The van der Waals surface area contributed by atoms with E-state index in [0.29, 0.717) is 46.7 Å². The van der Waals surface area contributed by atoms with E-state index in [0.717, 1.165) is 11.1 Å². The lowest BCUT2D eigenvalue weighted by molar-refractivity contribution is -0.125. The Kier molecular flexibility index (Phi) is 7.10. The first-order chi connectivity index (χ1) is 18.0. The first kappa shape index (κ1) is 24.8. The third-order valence-electron chi connectivity index (χ3n) is 6.79. The molecule has 37 heavy (non-hydrogen) atoms. The lowest BCUT2D eigenvalue weighted by Crippen LogP contribution is -2.35. The second-order valence-corrected chi connectivity index (χ2v) is 9.32. The van der Waals surface area contributed by atoms with Crippen LogP contribution in [0.25, 0.3) is 0 Å². The molecule has 192 valence electrons. The van der Waals surface area contributed by atoms with Crippen LogP contribution in [0.15, 0.2) is 60.7 Å². The molecule has 0 saturated carbocycles. The number of benzene rings is 3. The number of carbonyl (C=O) groups excluding carboxylic acids is 2. The van der Waals surface area contributed by atoms with Crippen LogP contribution in [0, 0.1) is 5.92 Å². The number of amides is 2. The molecule has 9 heteroatoms. The standard InChI is InChI=1S/C28H27ClN2O6/c1-34-18-8-10-24(35-2)20(12-18)21-14-31(28(33)19-5-3-4-6-23(19)29)15-22(21)27(32)30-13-17-7-9-25-26(11-17)37-16-36-25/h3-12,21-22H,13-16H2,1-2H3,(H,30,32). The van der Waals surface area contributed by atoms with Crippen molar-refractivity contribution >= 4 is 23.4 Å². The Hall–Kier alpha value is -3.91. The Morgan fingerprint density at radius 3 is 2.59 bits per heavy atom. The van der Waals surface area contributed by atoms with Crippen LogP contribution in [-0.2, 0) is 11.3 Å². The van der Waals surface area contributed by atoms with Crippen molar-refractivity contribution in [2.45, 2.75) is 12.5 Å². The molecule has 2 amide bonds. The number of likely N-dealkylation sites (tertiary alicyclic amines) is 1. The highest BCUT2D eigenvalue weighted by Crippen LogP contribution is 2.40. The normalized spacial score (nSPS) is 18.0. The van der Waals surface area contributed by atoms with Crippen molar-refractivity contribution in [1.29, 1.82) is 0 Å². The van der Waals surface area contributed by atoms with E-state index in [2.05, 4.69) is 5.32 Å². The van der Waals surface area contributed by atoms with Gasteiger partial charge in [0.2, 0.25) is 12.7 Å². The van der Waals surface area contributed by atoms with E-state index in [1.807, 2.05) is 30.3 Å². The zero-order valence-corrected chi connectivity index (χ0v) is 21.3. The quantitative estimate of drug-likeness (QED) is 0.499. The van der Waals surface area contributed by atoms with Crippen molar-refractivity contribution < 1.29 is 28.5 Å². The number of carbonyl (C=O) groups is 2. The van der Waals surface area contributed by atoms with Gasteiger partial charge in [0.25, 0.3) is 5.91 Å². The predicted octanol–water partition coefficient (Wildman–Crippen LogP) is 4.26. The van der Waals surface area contributed by atoms with Crippen LogP contribution in [0.5, 0.6) is 23.0 Å². The molecule has 0 aliphatic carbocycles. The Labute approximate surface area is 220 Å². The van der Waals surface area contributed by atoms with Gasteiger partial charge in [-0.1, -0.05) is 29.8 Å². The molecule has 3 aromatic rings. The minimum Gasteiger partial charge on any atom is -0.497 e. The monoisotopic (exact) mass is 522 g/mol. The smallest absolute Gasteiger partial charge is 0.255 e. The maximum Gasteiger partial charge on any atom is 0.255 e. The van der Waals surface area contributed by atoms with Crippen LogP contribution in [0.4, 0.5) is 0 Å². The number of nitrogens with one attached hydrogen (secondary N) is 1. The van der Waals surface area contributed by atoms with Gasteiger partial charge >= 0.3 is 0 Å². The molecular formula is C28H27ClN2O6. The fourth-order valence-corrected chi connectivity index (χ4v) is 5.07. The fraction of sp³-hybridized carbons (Fsp3) is 0.286. The molecule has 2 atom stereocenters. The number of rotatable bonds is 7. The lowest BCUT2D eigenvalue weighted by Gasteiger charge is -2.21. The molecule has 2 aliphatic heterocycles. The molecule has 0 aromatic heterocycles. The molecule has 2 aliphatic rings. The first-order valence-electron chi connectivity index (χ1n) is 11.9. The molecule has 1 N–H and O–H groups in total. The number of methoxy groups -OCH3 is 2. The number of nitrogens with zero attached hydrogens (tertiary/aromatic N) is 1. The van der Waals surface area contributed by atoms with E-state index >= 15 is 0 Å². The molecule has 1 fully saturated rings. The Morgan fingerprint density at radius 1 is 1.00 bits per heavy atom. The summed E-state index contributed by atoms with van der Waals surface area (Å²) in [6.07, 6.45) is 0. The van der Waals surface area contributed by atoms with E-state index in [9.17, 15) is 9.59 Å². The van der Waals surface area contributed by atoms with Crippen LogP contribution in [0.1, 0.15) is 27.4 Å². The zero-order chi connectivity index (χ0) is 25.9. The number of ether oxygens (including phenoxy) is 4. The minimum atomic E-state index is -0.513.